The maximum Gasteiger partial charge on any atom is 0.507 e. The number of imidazole rings is 1. The lowest BCUT2D eigenvalue weighted by atomic mass is 10.2. The van der Waals surface area contributed by atoms with Gasteiger partial charge in [-0.3, -0.25) is 9.97 Å². The van der Waals surface area contributed by atoms with Crippen molar-refractivity contribution in [3.8, 4) is 17.2 Å². The second-order valence-electron chi connectivity index (χ2n) is 6.23. The molecule has 0 saturated carbocycles. The summed E-state index contributed by atoms with van der Waals surface area (Å²) in [5.74, 6) is -0.596. The van der Waals surface area contributed by atoms with E-state index < -0.39 is 34.9 Å². The Kier molecular flexibility index (Phi) is 4.50. The molecule has 7 nitrogen and oxygen atoms in total. The normalized spacial score (nSPS) is 17.9. The van der Waals surface area contributed by atoms with Crippen molar-refractivity contribution in [1.82, 2.24) is 15.0 Å². The first-order valence-corrected chi connectivity index (χ1v) is 9.47. The third-order valence-electron chi connectivity index (χ3n) is 4.17. The Bertz CT molecular complexity index is 1040. The highest BCUT2D eigenvalue weighted by Crippen LogP contribution is 2.47. The van der Waals surface area contributed by atoms with E-state index in [-0.39, 0.29) is 21.9 Å². The Morgan fingerprint density at radius 2 is 1.79 bits per heavy atom. The highest BCUT2D eigenvalue weighted by atomic mass is 32.2. The Labute approximate surface area is 164 Å². The second kappa shape index (κ2) is 6.66. The molecule has 0 spiro atoms. The van der Waals surface area contributed by atoms with Gasteiger partial charge in [0.05, 0.1) is 23.8 Å². The van der Waals surface area contributed by atoms with Gasteiger partial charge in [-0.05, 0) is 6.92 Å². The lowest BCUT2D eigenvalue weighted by molar-refractivity contribution is -0.391. The van der Waals surface area contributed by atoms with Gasteiger partial charge in [-0.2, -0.15) is 22.5 Å². The van der Waals surface area contributed by atoms with Gasteiger partial charge in [0, 0.05) is 41.1 Å². The van der Waals surface area contributed by atoms with Gasteiger partial charge in [0.25, 0.3) is 0 Å². The summed E-state index contributed by atoms with van der Waals surface area (Å²) in [4.78, 5) is 11.0. The molecule has 3 aromatic rings. The summed E-state index contributed by atoms with van der Waals surface area (Å²) in [5, 5.41) is 0.0159. The van der Waals surface area contributed by atoms with Gasteiger partial charge in [-0.1, -0.05) is 0 Å². The van der Waals surface area contributed by atoms with Crippen LogP contribution in [-0.4, -0.2) is 38.8 Å². The number of nitrogens with one attached hydrogen (secondary N) is 1. The summed E-state index contributed by atoms with van der Waals surface area (Å²) in [6.45, 7) is 1.81. The van der Waals surface area contributed by atoms with Crippen LogP contribution < -0.4 is 14.2 Å². The van der Waals surface area contributed by atoms with E-state index in [9.17, 15) is 22.1 Å². The zero-order chi connectivity index (χ0) is 21.0. The maximum atomic E-state index is 13.3. The quantitative estimate of drug-likeness (QED) is 0.502. The Morgan fingerprint density at radius 3 is 2.45 bits per heavy atom. The molecule has 1 aromatic carbocycles. The third-order valence-corrected chi connectivity index (χ3v) is 5.35. The molecule has 12 heteroatoms. The average molecular weight is 431 g/mol. The van der Waals surface area contributed by atoms with Crippen LogP contribution in [0.3, 0.4) is 0 Å². The fourth-order valence-electron chi connectivity index (χ4n) is 2.70. The average Bonchev–Trinajstić information content (AvgIpc) is 3.05. The molecule has 1 aliphatic heterocycles. The van der Waals surface area contributed by atoms with Crippen LogP contribution in [0.5, 0.6) is 17.2 Å². The number of aromatic amines is 1. The number of hydrogen-bond donors (Lipinski definition) is 1. The number of hydrogen-bond acceptors (Lipinski definition) is 6. The highest BCUT2D eigenvalue weighted by molar-refractivity contribution is 7.90. The maximum absolute atomic E-state index is 13.3. The van der Waals surface area contributed by atoms with Gasteiger partial charge >= 0.3 is 17.4 Å². The molecule has 0 radical (unpaired) electrons. The summed E-state index contributed by atoms with van der Waals surface area (Å²) >= 11 is -1.68. The van der Waals surface area contributed by atoms with Crippen molar-refractivity contribution in [1.29, 1.82) is 0 Å². The van der Waals surface area contributed by atoms with Crippen LogP contribution in [0.1, 0.15) is 11.3 Å². The summed E-state index contributed by atoms with van der Waals surface area (Å²) in [7, 11) is 1.50. The van der Waals surface area contributed by atoms with Crippen LogP contribution in [0, 0.1) is 6.92 Å². The molecule has 0 amide bonds. The Morgan fingerprint density at radius 1 is 1.14 bits per heavy atom. The number of halogens is 4. The molecule has 1 N–H and O–H groups in total. The van der Waals surface area contributed by atoms with Crippen molar-refractivity contribution in [2.45, 2.75) is 30.1 Å². The molecule has 1 unspecified atom stereocenters. The molecule has 0 bridgehead atoms. The van der Waals surface area contributed by atoms with E-state index in [1.807, 2.05) is 6.92 Å². The standard InChI is InChI=1S/C17H13F4N3O4S/c1-8-6-22-9(3-12(8)26-2)7-29(25)15-23-10-4-13-14(5-11(10)24-15)28-17(20,21)16(18,19)27-13/h3-6H,7H2,1-2H3,(H,23,24). The first-order valence-electron chi connectivity index (χ1n) is 8.15. The van der Waals surface area contributed by atoms with Gasteiger partial charge in [-0.25, -0.2) is 0 Å². The van der Waals surface area contributed by atoms with Crippen LogP contribution in [0.4, 0.5) is 17.6 Å². The van der Waals surface area contributed by atoms with E-state index in [1.54, 1.807) is 12.3 Å². The topological polar surface area (TPSA) is 92.3 Å². The number of alkyl halides is 4. The molecule has 4 rings (SSSR count). The lowest BCUT2D eigenvalue weighted by Crippen LogP contribution is -2.52. The van der Waals surface area contributed by atoms with Gasteiger partial charge < -0.3 is 18.8 Å². The van der Waals surface area contributed by atoms with E-state index in [0.29, 0.717) is 11.4 Å². The van der Waals surface area contributed by atoms with Gasteiger partial charge in [0.2, 0.25) is 0 Å². The lowest BCUT2D eigenvalue weighted by Gasteiger charge is -2.31. The summed E-state index contributed by atoms with van der Waals surface area (Å²) in [5.41, 5.74) is 1.57. The predicted octanol–water partition coefficient (Wildman–Crippen LogP) is 3.54. The van der Waals surface area contributed by atoms with E-state index in [4.69, 9.17) is 4.74 Å². The van der Waals surface area contributed by atoms with Crippen LogP contribution in [-0.2, 0) is 16.9 Å². The van der Waals surface area contributed by atoms with Crippen molar-refractivity contribution in [3.05, 3.63) is 35.7 Å². The molecule has 29 heavy (non-hydrogen) atoms. The zero-order valence-corrected chi connectivity index (χ0v) is 15.8. The predicted molar refractivity (Wildman–Crippen MR) is 92.9 cm³/mol. The third kappa shape index (κ3) is 3.42. The highest BCUT2D eigenvalue weighted by Gasteiger charge is 2.66. The minimum atomic E-state index is -4.83. The number of fused-ring (bicyclic) bond motifs is 2. The smallest absolute Gasteiger partial charge is 0.507 e. The molecule has 0 fully saturated rings. The summed E-state index contributed by atoms with van der Waals surface area (Å²) in [6, 6.07) is 3.69. The molecule has 0 saturated heterocycles. The molecule has 1 atom stereocenters. The van der Waals surface area contributed by atoms with E-state index >= 15 is 0 Å². The number of rotatable bonds is 4. The summed E-state index contributed by atoms with van der Waals surface area (Å²) in [6.07, 6.45) is -8.08. The van der Waals surface area contributed by atoms with Crippen molar-refractivity contribution >= 4 is 22.2 Å². The van der Waals surface area contributed by atoms with Gasteiger partial charge in [-0.15, -0.1) is 0 Å². The summed E-state index contributed by atoms with van der Waals surface area (Å²) < 4.78 is 79.3. The second-order valence-corrected chi connectivity index (χ2v) is 7.60. The van der Waals surface area contributed by atoms with Crippen molar-refractivity contribution in [3.63, 3.8) is 0 Å². The van der Waals surface area contributed by atoms with Gasteiger partial charge in [0.15, 0.2) is 17.3 Å². The van der Waals surface area contributed by atoms with Crippen molar-refractivity contribution in [2.24, 2.45) is 0 Å². The van der Waals surface area contributed by atoms with Crippen LogP contribution in [0.2, 0.25) is 0 Å². The number of benzene rings is 1. The number of H-pyrrole nitrogens is 1. The number of ether oxygens (including phenoxy) is 3. The zero-order valence-electron chi connectivity index (χ0n) is 15.0. The number of pyridine rings is 1. The number of nitrogens with zero attached hydrogens (tertiary/aromatic N) is 2. The minimum absolute atomic E-state index is 0.000676. The largest absolute Gasteiger partial charge is 0.609 e. The Balaban J connectivity index is 1.63. The number of aryl methyl sites for hydroxylation is 1. The van der Waals surface area contributed by atoms with E-state index in [1.165, 1.54) is 7.11 Å². The first kappa shape index (κ1) is 19.6. The fourth-order valence-corrected chi connectivity index (χ4v) is 3.69. The SMILES string of the molecule is COc1cc(C[S+]([O-])c2nc3cc4c(cc3[nH]2)OC(F)(F)C(F)(F)O4)ncc1C. The van der Waals surface area contributed by atoms with Crippen molar-refractivity contribution < 1.29 is 36.3 Å². The number of methoxy groups -OCH3 is 1. The number of aromatic nitrogens is 3. The van der Waals surface area contributed by atoms with Crippen LogP contribution >= 0.6 is 0 Å². The molecule has 3 heterocycles. The fraction of sp³-hybridized carbons (Fsp3) is 0.294. The van der Waals surface area contributed by atoms with E-state index in [2.05, 4.69) is 24.4 Å². The van der Waals surface area contributed by atoms with Crippen LogP contribution in [0.25, 0.3) is 11.0 Å². The first-order chi connectivity index (χ1) is 13.6. The minimum Gasteiger partial charge on any atom is -0.609 e. The Hall–Kier alpha value is -2.73. The molecular weight excluding hydrogens is 418 g/mol. The van der Waals surface area contributed by atoms with E-state index in [0.717, 1.165) is 17.7 Å². The van der Waals surface area contributed by atoms with Crippen molar-refractivity contribution in [2.75, 3.05) is 7.11 Å². The molecule has 2 aromatic heterocycles. The molecule has 154 valence electrons. The molecular formula is C17H13F4N3O4S. The van der Waals surface area contributed by atoms with Gasteiger partial charge in [0.1, 0.15) is 5.75 Å². The molecule has 1 aliphatic rings. The monoisotopic (exact) mass is 431 g/mol. The van der Waals surface area contributed by atoms with Crippen LogP contribution in [0.15, 0.2) is 29.6 Å². The molecule has 0 aliphatic carbocycles.